The van der Waals surface area contributed by atoms with E-state index in [0.29, 0.717) is 27.6 Å². The smallest absolute Gasteiger partial charge is 0.302 e. The molecule has 0 aromatic heterocycles. The van der Waals surface area contributed by atoms with Gasteiger partial charge in [0.25, 0.3) is 0 Å². The minimum absolute atomic E-state index is 0.0883. The standard InChI is InChI=1S/C30H50O2/c1-7-29-15-9-10-26(29)30(8-2)19-14-24-27(5)17-12-23(32-21(4)31)20(3)22(27)11-16-28(24,6)25(30)13-18-29/h20,22-26H,7-19H2,1-6H3/t20?,22?,23?,24?,25?,26?,27?,28?,29?,30-/m0/s1. The van der Waals surface area contributed by atoms with Crippen LogP contribution >= 0.6 is 0 Å². The molecule has 32 heavy (non-hydrogen) atoms. The normalized spacial score (nSPS) is 54.7. The third-order valence-corrected chi connectivity index (χ3v) is 13.2. The summed E-state index contributed by atoms with van der Waals surface area (Å²) in [5.41, 5.74) is 2.22. The summed E-state index contributed by atoms with van der Waals surface area (Å²) in [6.45, 7) is 14.5. The quantitative estimate of drug-likeness (QED) is 0.412. The molecule has 0 spiro atoms. The molecule has 2 heteroatoms. The highest BCUT2D eigenvalue weighted by Crippen LogP contribution is 2.76. The predicted octanol–water partition coefficient (Wildman–Crippen LogP) is 8.18. The SMILES string of the molecule is CCC12CCCC1[C@@]1(CC)CCC3C4(C)CCC(OC(C)=O)C(C)C4CCC3(C)C1CC2. The first-order valence-electron chi connectivity index (χ1n) is 14.3. The van der Waals surface area contributed by atoms with Crippen molar-refractivity contribution in [3.8, 4) is 0 Å². The number of ether oxygens (including phenoxy) is 1. The largest absolute Gasteiger partial charge is 0.462 e. The molecule has 5 fully saturated rings. The van der Waals surface area contributed by atoms with Crippen molar-refractivity contribution in [2.24, 2.45) is 51.2 Å². The average Bonchev–Trinajstić information content (AvgIpc) is 3.21. The lowest BCUT2D eigenvalue weighted by Gasteiger charge is -2.71. The van der Waals surface area contributed by atoms with E-state index in [1.807, 2.05) is 0 Å². The number of hydrogen-bond donors (Lipinski definition) is 0. The monoisotopic (exact) mass is 442 g/mol. The zero-order chi connectivity index (χ0) is 22.9. The fourth-order valence-corrected chi connectivity index (χ4v) is 12.0. The molecule has 0 aliphatic heterocycles. The summed E-state index contributed by atoms with van der Waals surface area (Å²) in [4.78, 5) is 11.7. The molecule has 0 aromatic carbocycles. The first-order chi connectivity index (χ1) is 15.2. The van der Waals surface area contributed by atoms with Crippen LogP contribution in [0.25, 0.3) is 0 Å². The van der Waals surface area contributed by atoms with Crippen molar-refractivity contribution in [1.82, 2.24) is 0 Å². The van der Waals surface area contributed by atoms with E-state index < -0.39 is 0 Å². The first-order valence-corrected chi connectivity index (χ1v) is 14.3. The topological polar surface area (TPSA) is 26.3 Å². The molecule has 0 amide bonds. The van der Waals surface area contributed by atoms with Gasteiger partial charge in [-0.3, -0.25) is 4.79 Å². The highest BCUT2D eigenvalue weighted by molar-refractivity contribution is 5.66. The number of hydrogen-bond acceptors (Lipinski definition) is 2. The number of esters is 1. The Morgan fingerprint density at radius 2 is 1.53 bits per heavy atom. The summed E-state index contributed by atoms with van der Waals surface area (Å²) in [7, 11) is 0. The minimum Gasteiger partial charge on any atom is -0.462 e. The molecule has 0 aromatic rings. The Labute approximate surface area is 198 Å². The summed E-state index contributed by atoms with van der Waals surface area (Å²) in [5, 5.41) is 0. The van der Waals surface area contributed by atoms with Crippen LogP contribution < -0.4 is 0 Å². The van der Waals surface area contributed by atoms with E-state index >= 15 is 0 Å². The highest BCUT2D eigenvalue weighted by atomic mass is 16.5. The van der Waals surface area contributed by atoms with Crippen molar-refractivity contribution < 1.29 is 9.53 Å². The molecule has 5 saturated carbocycles. The molecular weight excluding hydrogens is 392 g/mol. The van der Waals surface area contributed by atoms with Crippen LogP contribution in [0.1, 0.15) is 125 Å². The van der Waals surface area contributed by atoms with Gasteiger partial charge >= 0.3 is 5.97 Å². The number of carbonyl (C=O) groups is 1. The van der Waals surface area contributed by atoms with E-state index in [-0.39, 0.29) is 12.1 Å². The van der Waals surface area contributed by atoms with Crippen LogP contribution in [0.4, 0.5) is 0 Å². The Hall–Kier alpha value is -0.530. The summed E-state index contributed by atoms with van der Waals surface area (Å²) < 4.78 is 5.81. The maximum Gasteiger partial charge on any atom is 0.302 e. The van der Waals surface area contributed by atoms with E-state index in [1.165, 1.54) is 77.0 Å². The van der Waals surface area contributed by atoms with Gasteiger partial charge in [0, 0.05) is 6.92 Å². The van der Waals surface area contributed by atoms with Crippen molar-refractivity contribution in [1.29, 1.82) is 0 Å². The van der Waals surface area contributed by atoms with E-state index in [2.05, 4.69) is 34.6 Å². The summed E-state index contributed by atoms with van der Waals surface area (Å²) >= 11 is 0. The average molecular weight is 443 g/mol. The van der Waals surface area contributed by atoms with Crippen molar-refractivity contribution in [2.75, 3.05) is 0 Å². The zero-order valence-corrected chi connectivity index (χ0v) is 22.0. The second-order valence-corrected chi connectivity index (χ2v) is 13.6. The van der Waals surface area contributed by atoms with E-state index in [1.54, 1.807) is 6.92 Å². The van der Waals surface area contributed by atoms with Crippen LogP contribution in [-0.4, -0.2) is 12.1 Å². The molecule has 0 heterocycles. The molecule has 0 bridgehead atoms. The van der Waals surface area contributed by atoms with Crippen LogP contribution in [-0.2, 0) is 9.53 Å². The van der Waals surface area contributed by atoms with Gasteiger partial charge in [-0.1, -0.05) is 47.5 Å². The van der Waals surface area contributed by atoms with Crippen LogP contribution in [0.15, 0.2) is 0 Å². The van der Waals surface area contributed by atoms with E-state index in [9.17, 15) is 4.79 Å². The van der Waals surface area contributed by atoms with Crippen LogP contribution in [0.5, 0.6) is 0 Å². The van der Waals surface area contributed by atoms with Crippen LogP contribution in [0.3, 0.4) is 0 Å². The Balaban J connectivity index is 1.47. The van der Waals surface area contributed by atoms with Gasteiger partial charge in [0.1, 0.15) is 6.10 Å². The Bertz CT molecular complexity index is 745. The van der Waals surface area contributed by atoms with Crippen molar-refractivity contribution >= 4 is 5.97 Å². The van der Waals surface area contributed by atoms with Crippen LogP contribution in [0, 0.1) is 51.2 Å². The number of carbonyl (C=O) groups excluding carboxylic acids is 1. The third kappa shape index (κ3) is 2.92. The maximum absolute atomic E-state index is 11.7. The highest BCUT2D eigenvalue weighted by Gasteiger charge is 2.68. The van der Waals surface area contributed by atoms with Crippen molar-refractivity contribution in [3.63, 3.8) is 0 Å². The molecule has 5 rings (SSSR count). The molecule has 182 valence electrons. The number of fused-ring (bicyclic) bond motifs is 7. The molecule has 2 nitrogen and oxygen atoms in total. The second-order valence-electron chi connectivity index (χ2n) is 13.6. The molecule has 0 saturated heterocycles. The molecule has 0 radical (unpaired) electrons. The lowest BCUT2D eigenvalue weighted by Crippen LogP contribution is -2.64. The molecular formula is C30H50O2. The van der Waals surface area contributed by atoms with E-state index in [0.717, 1.165) is 30.1 Å². The number of rotatable bonds is 3. The molecule has 5 aliphatic carbocycles. The molecule has 0 N–H and O–H groups in total. The van der Waals surface area contributed by atoms with Gasteiger partial charge in [0.05, 0.1) is 0 Å². The lowest BCUT2D eigenvalue weighted by molar-refractivity contribution is -0.229. The van der Waals surface area contributed by atoms with Gasteiger partial charge in [-0.25, -0.2) is 0 Å². The second kappa shape index (κ2) is 7.74. The third-order valence-electron chi connectivity index (χ3n) is 13.2. The van der Waals surface area contributed by atoms with Crippen LogP contribution in [0.2, 0.25) is 0 Å². The molecule has 5 aliphatic rings. The molecule has 9 unspecified atom stereocenters. The van der Waals surface area contributed by atoms with Gasteiger partial charge in [-0.2, -0.15) is 0 Å². The zero-order valence-electron chi connectivity index (χ0n) is 22.0. The van der Waals surface area contributed by atoms with Gasteiger partial charge < -0.3 is 4.74 Å². The van der Waals surface area contributed by atoms with Gasteiger partial charge in [0.2, 0.25) is 0 Å². The predicted molar refractivity (Wildman–Crippen MR) is 131 cm³/mol. The Morgan fingerprint density at radius 1 is 0.812 bits per heavy atom. The summed E-state index contributed by atoms with van der Waals surface area (Å²) in [5.74, 6) is 3.92. The minimum atomic E-state index is -0.0883. The summed E-state index contributed by atoms with van der Waals surface area (Å²) in [6, 6.07) is 0. The van der Waals surface area contributed by atoms with Crippen molar-refractivity contribution in [2.45, 2.75) is 131 Å². The Kier molecular flexibility index (Phi) is 5.62. The maximum atomic E-state index is 11.7. The van der Waals surface area contributed by atoms with Gasteiger partial charge in [0.15, 0.2) is 0 Å². The van der Waals surface area contributed by atoms with Gasteiger partial charge in [-0.15, -0.1) is 0 Å². The fourth-order valence-electron chi connectivity index (χ4n) is 12.0. The van der Waals surface area contributed by atoms with Gasteiger partial charge in [-0.05, 0) is 122 Å². The van der Waals surface area contributed by atoms with E-state index in [4.69, 9.17) is 4.74 Å². The van der Waals surface area contributed by atoms with Crippen molar-refractivity contribution in [3.05, 3.63) is 0 Å². The lowest BCUT2D eigenvalue weighted by atomic mass is 9.34. The first kappa shape index (κ1) is 23.2. The summed E-state index contributed by atoms with van der Waals surface area (Å²) in [6.07, 6.45) is 18.5. The Morgan fingerprint density at radius 3 is 2.22 bits per heavy atom. The molecule has 10 atom stereocenters. The fraction of sp³-hybridized carbons (Fsp3) is 0.967.